The molecule has 1 saturated heterocycles. The maximum atomic E-state index is 13.2. The van der Waals surface area contributed by atoms with Gasteiger partial charge >= 0.3 is 6.09 Å². The first-order valence-electron chi connectivity index (χ1n) is 6.63. The Kier molecular flexibility index (Phi) is 3.59. The van der Waals surface area contributed by atoms with Gasteiger partial charge in [-0.05, 0) is 31.0 Å². The van der Waals surface area contributed by atoms with Crippen LogP contribution in [0.5, 0.6) is 0 Å². The molecule has 0 radical (unpaired) electrons. The van der Waals surface area contributed by atoms with Crippen LogP contribution in [0.25, 0.3) is 10.2 Å². The average Bonchev–Trinajstić information content (AvgIpc) is 2.89. The zero-order chi connectivity index (χ0) is 15.0. The molecule has 2 aromatic rings. The maximum Gasteiger partial charge on any atom is 0.407 e. The lowest BCUT2D eigenvalue weighted by Gasteiger charge is -2.28. The second kappa shape index (κ2) is 5.40. The van der Waals surface area contributed by atoms with E-state index in [2.05, 4.69) is 4.98 Å². The Morgan fingerprint density at radius 1 is 1.33 bits per heavy atom. The molecule has 0 saturated carbocycles. The van der Waals surface area contributed by atoms with E-state index in [1.54, 1.807) is 6.07 Å². The maximum absolute atomic E-state index is 13.2. The number of benzene rings is 1. The third-order valence-corrected chi connectivity index (χ3v) is 4.73. The van der Waals surface area contributed by atoms with E-state index in [0.29, 0.717) is 41.2 Å². The average molecular weight is 308 g/mol. The molecule has 1 fully saturated rings. The number of amides is 1. The van der Waals surface area contributed by atoms with Crippen LogP contribution in [0, 0.1) is 11.7 Å². The highest BCUT2D eigenvalue weighted by molar-refractivity contribution is 7.20. The number of hydrogen-bond donors (Lipinski definition) is 1. The molecule has 1 N–H and O–H groups in total. The van der Waals surface area contributed by atoms with E-state index in [4.69, 9.17) is 5.11 Å². The molecule has 110 valence electrons. The number of piperidine rings is 1. The van der Waals surface area contributed by atoms with E-state index in [0.717, 1.165) is 0 Å². The fraction of sp³-hybridized carbons (Fsp3) is 0.357. The van der Waals surface area contributed by atoms with Gasteiger partial charge < -0.3 is 10.0 Å². The zero-order valence-electron chi connectivity index (χ0n) is 11.1. The second-order valence-electron chi connectivity index (χ2n) is 5.04. The number of halogens is 1. The third-order valence-electron chi connectivity index (χ3n) is 3.70. The number of ketones is 1. The topological polar surface area (TPSA) is 70.5 Å². The zero-order valence-corrected chi connectivity index (χ0v) is 11.9. The van der Waals surface area contributed by atoms with Gasteiger partial charge in [-0.3, -0.25) is 4.79 Å². The minimum absolute atomic E-state index is 0.0679. The molecular weight excluding hydrogens is 295 g/mol. The van der Waals surface area contributed by atoms with Crippen molar-refractivity contribution in [3.63, 3.8) is 0 Å². The van der Waals surface area contributed by atoms with E-state index < -0.39 is 6.09 Å². The first-order chi connectivity index (χ1) is 10.0. The molecule has 1 aliphatic rings. The number of rotatable bonds is 2. The molecule has 3 rings (SSSR count). The molecule has 21 heavy (non-hydrogen) atoms. The summed E-state index contributed by atoms with van der Waals surface area (Å²) < 4.78 is 13.8. The summed E-state index contributed by atoms with van der Waals surface area (Å²) in [5, 5.41) is 9.28. The minimum Gasteiger partial charge on any atom is -0.465 e. The molecular formula is C14H13FN2O3S. The van der Waals surface area contributed by atoms with Crippen molar-refractivity contribution in [2.45, 2.75) is 12.8 Å². The van der Waals surface area contributed by atoms with Crippen LogP contribution in [0.4, 0.5) is 9.18 Å². The van der Waals surface area contributed by atoms with Crippen LogP contribution in [0.2, 0.25) is 0 Å². The fourth-order valence-electron chi connectivity index (χ4n) is 2.51. The first-order valence-corrected chi connectivity index (χ1v) is 7.44. The molecule has 1 aromatic heterocycles. The number of Topliss-reactive ketones (excluding diaryl/α,β-unsaturated/α-hetero) is 1. The largest absolute Gasteiger partial charge is 0.465 e. The molecule has 1 amide bonds. The fourth-order valence-corrected chi connectivity index (χ4v) is 3.52. The van der Waals surface area contributed by atoms with Crippen molar-refractivity contribution in [3.05, 3.63) is 29.0 Å². The summed E-state index contributed by atoms with van der Waals surface area (Å²) in [7, 11) is 0. The van der Waals surface area contributed by atoms with E-state index >= 15 is 0 Å². The lowest BCUT2D eigenvalue weighted by Crippen LogP contribution is -2.39. The van der Waals surface area contributed by atoms with Crippen molar-refractivity contribution in [1.82, 2.24) is 9.88 Å². The Hall–Kier alpha value is -2.02. The minimum atomic E-state index is -0.948. The Morgan fingerprint density at radius 2 is 2.05 bits per heavy atom. The van der Waals surface area contributed by atoms with Gasteiger partial charge in [-0.15, -0.1) is 11.3 Å². The van der Waals surface area contributed by atoms with Crippen LogP contribution < -0.4 is 0 Å². The molecule has 0 bridgehead atoms. The molecule has 0 aliphatic carbocycles. The highest BCUT2D eigenvalue weighted by Gasteiger charge is 2.29. The molecule has 0 unspecified atom stereocenters. The first kappa shape index (κ1) is 13.9. The van der Waals surface area contributed by atoms with Gasteiger partial charge in [0, 0.05) is 19.0 Å². The molecule has 1 aromatic carbocycles. The highest BCUT2D eigenvalue weighted by atomic mass is 32.1. The lowest BCUT2D eigenvalue weighted by atomic mass is 9.93. The van der Waals surface area contributed by atoms with Crippen LogP contribution >= 0.6 is 11.3 Å². The van der Waals surface area contributed by atoms with Gasteiger partial charge in [0.2, 0.25) is 0 Å². The number of carbonyl (C=O) groups excluding carboxylic acids is 1. The SMILES string of the molecule is O=C(c1nc2ccc(F)cc2s1)C1CCN(C(=O)O)CC1. The Morgan fingerprint density at radius 3 is 2.71 bits per heavy atom. The summed E-state index contributed by atoms with van der Waals surface area (Å²) in [5.74, 6) is -0.618. The summed E-state index contributed by atoms with van der Waals surface area (Å²) in [6, 6.07) is 4.25. The van der Waals surface area contributed by atoms with Gasteiger partial charge in [-0.2, -0.15) is 0 Å². The van der Waals surface area contributed by atoms with Gasteiger partial charge in [0.15, 0.2) is 10.8 Å². The van der Waals surface area contributed by atoms with Gasteiger partial charge in [0.05, 0.1) is 10.2 Å². The predicted octanol–water partition coefficient (Wildman–Crippen LogP) is 3.01. The van der Waals surface area contributed by atoms with Crippen molar-refractivity contribution in [3.8, 4) is 0 Å². The van der Waals surface area contributed by atoms with Crippen LogP contribution in [-0.2, 0) is 0 Å². The van der Waals surface area contributed by atoms with Crippen molar-refractivity contribution in [2.75, 3.05) is 13.1 Å². The van der Waals surface area contributed by atoms with Gasteiger partial charge in [-0.1, -0.05) is 0 Å². The van der Waals surface area contributed by atoms with Crippen molar-refractivity contribution < 1.29 is 19.1 Å². The lowest BCUT2D eigenvalue weighted by molar-refractivity contribution is 0.0821. The number of nitrogens with zero attached hydrogens (tertiary/aromatic N) is 2. The van der Waals surface area contributed by atoms with Crippen LogP contribution in [0.3, 0.4) is 0 Å². The molecule has 2 heterocycles. The number of carboxylic acid groups (broad SMARTS) is 1. The standard InChI is InChI=1S/C14H13FN2O3S/c15-9-1-2-10-11(7-9)21-13(16-10)12(18)8-3-5-17(6-4-8)14(19)20/h1-2,7-8H,3-6H2,(H,19,20). The molecule has 7 heteroatoms. The summed E-state index contributed by atoms with van der Waals surface area (Å²) in [4.78, 5) is 28.8. The van der Waals surface area contributed by atoms with Gasteiger partial charge in [-0.25, -0.2) is 14.2 Å². The van der Waals surface area contributed by atoms with Crippen molar-refractivity contribution in [2.24, 2.45) is 5.92 Å². The van der Waals surface area contributed by atoms with E-state index in [9.17, 15) is 14.0 Å². The number of hydrogen-bond acceptors (Lipinski definition) is 4. The number of aromatic nitrogens is 1. The Balaban J connectivity index is 1.76. The molecule has 1 aliphatic heterocycles. The van der Waals surface area contributed by atoms with Crippen LogP contribution in [-0.4, -0.2) is 40.0 Å². The number of thiazole rings is 1. The summed E-state index contributed by atoms with van der Waals surface area (Å²) in [6.45, 7) is 0.733. The van der Waals surface area contributed by atoms with Crippen LogP contribution in [0.1, 0.15) is 22.6 Å². The van der Waals surface area contributed by atoms with Gasteiger partial charge in [0.25, 0.3) is 0 Å². The van der Waals surface area contributed by atoms with Gasteiger partial charge in [0.1, 0.15) is 5.82 Å². The monoisotopic (exact) mass is 308 g/mol. The Labute approximate surface area is 124 Å². The number of carbonyl (C=O) groups is 2. The van der Waals surface area contributed by atoms with E-state index in [-0.39, 0.29) is 17.5 Å². The molecule has 5 nitrogen and oxygen atoms in total. The third kappa shape index (κ3) is 2.73. The normalized spacial score (nSPS) is 16.3. The van der Waals surface area contributed by atoms with Crippen molar-refractivity contribution >= 4 is 33.4 Å². The van der Waals surface area contributed by atoms with Crippen LogP contribution in [0.15, 0.2) is 18.2 Å². The van der Waals surface area contributed by atoms with E-state index in [1.807, 2.05) is 0 Å². The second-order valence-corrected chi connectivity index (χ2v) is 6.07. The van der Waals surface area contributed by atoms with Crippen molar-refractivity contribution in [1.29, 1.82) is 0 Å². The number of fused-ring (bicyclic) bond motifs is 1. The molecule has 0 spiro atoms. The summed E-state index contributed by atoms with van der Waals surface area (Å²) in [6.07, 6.45) is 0.0709. The predicted molar refractivity (Wildman–Crippen MR) is 76.2 cm³/mol. The summed E-state index contributed by atoms with van der Waals surface area (Å²) >= 11 is 1.19. The highest BCUT2D eigenvalue weighted by Crippen LogP contribution is 2.28. The number of likely N-dealkylation sites (tertiary alicyclic amines) is 1. The smallest absolute Gasteiger partial charge is 0.407 e. The Bertz CT molecular complexity index is 707. The quantitative estimate of drug-likeness (QED) is 0.866. The molecule has 0 atom stereocenters. The van der Waals surface area contributed by atoms with E-state index in [1.165, 1.54) is 28.4 Å². The summed E-state index contributed by atoms with van der Waals surface area (Å²) in [5.41, 5.74) is 0.618.